The molecular formula is C23H19BrFN3O3. The van der Waals surface area contributed by atoms with Crippen LogP contribution in [0.4, 0.5) is 10.1 Å². The van der Waals surface area contributed by atoms with Gasteiger partial charge in [0.2, 0.25) is 11.8 Å². The number of nitrogens with zero attached hydrogens (tertiary/aromatic N) is 1. The standard InChI is InChI=1S/C23H19BrFN3O3/c24-17-5-7-18(8-6-17)28-23(30)11-13-27-22(29)10-4-16-3-9-21(20(25)14-16)31-19-2-1-12-26-15-19/h1-10,12,14-15H,11,13H2,(H,27,29)(H,28,30)/b10-4+. The monoisotopic (exact) mass is 483 g/mol. The van der Waals surface area contributed by atoms with Crippen molar-refractivity contribution in [1.82, 2.24) is 10.3 Å². The predicted octanol–water partition coefficient (Wildman–Crippen LogP) is 4.93. The first-order valence-corrected chi connectivity index (χ1v) is 10.2. The van der Waals surface area contributed by atoms with Gasteiger partial charge in [0, 0.05) is 35.4 Å². The molecule has 6 nitrogen and oxygen atoms in total. The highest BCUT2D eigenvalue weighted by Gasteiger charge is 2.06. The lowest BCUT2D eigenvalue weighted by Crippen LogP contribution is -2.26. The third-order valence-corrected chi connectivity index (χ3v) is 4.55. The van der Waals surface area contributed by atoms with Crippen LogP contribution >= 0.6 is 15.9 Å². The average Bonchev–Trinajstić information content (AvgIpc) is 2.76. The van der Waals surface area contributed by atoms with Gasteiger partial charge in [-0.2, -0.15) is 0 Å². The normalized spacial score (nSPS) is 10.6. The number of pyridine rings is 1. The summed E-state index contributed by atoms with van der Waals surface area (Å²) >= 11 is 3.33. The van der Waals surface area contributed by atoms with Crippen LogP contribution in [0.5, 0.6) is 11.5 Å². The highest BCUT2D eigenvalue weighted by molar-refractivity contribution is 9.10. The molecule has 2 aromatic carbocycles. The number of hydrogen-bond acceptors (Lipinski definition) is 4. The van der Waals surface area contributed by atoms with E-state index in [1.807, 2.05) is 12.1 Å². The summed E-state index contributed by atoms with van der Waals surface area (Å²) in [5.74, 6) is -0.666. The smallest absolute Gasteiger partial charge is 0.244 e. The summed E-state index contributed by atoms with van der Waals surface area (Å²) < 4.78 is 20.6. The van der Waals surface area contributed by atoms with Crippen molar-refractivity contribution in [2.75, 3.05) is 11.9 Å². The second-order valence-corrected chi connectivity index (χ2v) is 7.33. The van der Waals surface area contributed by atoms with Crippen LogP contribution in [0.25, 0.3) is 6.08 Å². The maximum Gasteiger partial charge on any atom is 0.244 e. The lowest BCUT2D eigenvalue weighted by atomic mass is 10.2. The summed E-state index contributed by atoms with van der Waals surface area (Å²) in [6.45, 7) is 0.178. The molecular weight excluding hydrogens is 465 g/mol. The van der Waals surface area contributed by atoms with Gasteiger partial charge in [0.1, 0.15) is 5.75 Å². The SMILES string of the molecule is O=C(/C=C/c1ccc(Oc2cccnc2)c(F)c1)NCCC(=O)Nc1ccc(Br)cc1. The first kappa shape index (κ1) is 22.2. The van der Waals surface area contributed by atoms with E-state index in [9.17, 15) is 14.0 Å². The average molecular weight is 484 g/mol. The minimum atomic E-state index is -0.559. The zero-order valence-electron chi connectivity index (χ0n) is 16.3. The number of amides is 2. The zero-order valence-corrected chi connectivity index (χ0v) is 17.9. The molecule has 0 aliphatic rings. The molecule has 0 unspecified atom stereocenters. The van der Waals surface area contributed by atoms with Crippen molar-refractivity contribution in [3.8, 4) is 11.5 Å². The second kappa shape index (κ2) is 11.0. The zero-order chi connectivity index (χ0) is 22.1. The second-order valence-electron chi connectivity index (χ2n) is 6.41. The summed E-state index contributed by atoms with van der Waals surface area (Å²) in [6.07, 6.45) is 5.97. The largest absolute Gasteiger partial charge is 0.453 e. The Hall–Kier alpha value is -3.52. The lowest BCUT2D eigenvalue weighted by molar-refractivity contribution is -0.117. The lowest BCUT2D eigenvalue weighted by Gasteiger charge is -2.07. The molecule has 3 aromatic rings. The van der Waals surface area contributed by atoms with Gasteiger partial charge in [0.25, 0.3) is 0 Å². The minimum absolute atomic E-state index is 0.0615. The van der Waals surface area contributed by atoms with Crippen LogP contribution in [0.15, 0.2) is 77.5 Å². The van der Waals surface area contributed by atoms with Gasteiger partial charge in [-0.15, -0.1) is 0 Å². The van der Waals surface area contributed by atoms with Crippen molar-refractivity contribution in [1.29, 1.82) is 0 Å². The third-order valence-electron chi connectivity index (χ3n) is 4.02. The summed E-state index contributed by atoms with van der Waals surface area (Å²) in [5, 5.41) is 5.36. The quantitative estimate of drug-likeness (QED) is 0.445. The molecule has 0 saturated carbocycles. The molecule has 8 heteroatoms. The van der Waals surface area contributed by atoms with E-state index in [2.05, 4.69) is 31.5 Å². The molecule has 0 aliphatic carbocycles. The highest BCUT2D eigenvalue weighted by Crippen LogP contribution is 2.24. The first-order chi connectivity index (χ1) is 15.0. The van der Waals surface area contributed by atoms with E-state index in [-0.39, 0.29) is 30.5 Å². The number of carbonyl (C=O) groups excluding carboxylic acids is 2. The Morgan fingerprint density at radius 3 is 2.65 bits per heavy atom. The molecule has 0 radical (unpaired) electrons. The molecule has 3 rings (SSSR count). The summed E-state index contributed by atoms with van der Waals surface area (Å²) in [6, 6.07) is 14.9. The van der Waals surface area contributed by atoms with Gasteiger partial charge >= 0.3 is 0 Å². The van der Waals surface area contributed by atoms with Crippen LogP contribution in [0.1, 0.15) is 12.0 Å². The molecule has 1 heterocycles. The van der Waals surface area contributed by atoms with Crippen LogP contribution in [-0.4, -0.2) is 23.3 Å². The Labute approximate surface area is 187 Å². The highest BCUT2D eigenvalue weighted by atomic mass is 79.9. The van der Waals surface area contributed by atoms with Crippen LogP contribution in [-0.2, 0) is 9.59 Å². The van der Waals surface area contributed by atoms with E-state index in [0.717, 1.165) is 4.47 Å². The fourth-order valence-electron chi connectivity index (χ4n) is 2.52. The van der Waals surface area contributed by atoms with E-state index >= 15 is 0 Å². The van der Waals surface area contributed by atoms with Crippen LogP contribution in [0.2, 0.25) is 0 Å². The number of anilines is 1. The van der Waals surface area contributed by atoms with Crippen molar-refractivity contribution in [2.45, 2.75) is 6.42 Å². The number of aromatic nitrogens is 1. The molecule has 0 aliphatic heterocycles. The predicted molar refractivity (Wildman–Crippen MR) is 120 cm³/mol. The van der Waals surface area contributed by atoms with Crippen molar-refractivity contribution >= 4 is 39.5 Å². The van der Waals surface area contributed by atoms with E-state index in [0.29, 0.717) is 17.0 Å². The summed E-state index contributed by atoms with van der Waals surface area (Å²) in [4.78, 5) is 27.7. The number of nitrogens with one attached hydrogen (secondary N) is 2. The molecule has 158 valence electrons. The Kier molecular flexibility index (Phi) is 7.89. The Morgan fingerprint density at radius 2 is 1.94 bits per heavy atom. The number of hydrogen-bond donors (Lipinski definition) is 2. The van der Waals surface area contributed by atoms with E-state index in [1.54, 1.807) is 36.5 Å². The van der Waals surface area contributed by atoms with Gasteiger partial charge < -0.3 is 15.4 Å². The van der Waals surface area contributed by atoms with Gasteiger partial charge in [-0.3, -0.25) is 14.6 Å². The molecule has 0 fully saturated rings. The minimum Gasteiger partial charge on any atom is -0.453 e. The molecule has 31 heavy (non-hydrogen) atoms. The topological polar surface area (TPSA) is 80.3 Å². The van der Waals surface area contributed by atoms with Crippen molar-refractivity contribution < 1.29 is 18.7 Å². The van der Waals surface area contributed by atoms with Gasteiger partial charge in [0.15, 0.2) is 11.6 Å². The number of rotatable bonds is 8. The number of carbonyl (C=O) groups is 2. The van der Waals surface area contributed by atoms with Crippen molar-refractivity contribution in [3.05, 3.63) is 88.9 Å². The van der Waals surface area contributed by atoms with Crippen LogP contribution in [0.3, 0.4) is 0 Å². The fourth-order valence-corrected chi connectivity index (χ4v) is 2.79. The Balaban J connectivity index is 1.44. The van der Waals surface area contributed by atoms with E-state index in [1.165, 1.54) is 30.5 Å². The molecule has 2 amide bonds. The summed E-state index contributed by atoms with van der Waals surface area (Å²) in [5.41, 5.74) is 1.18. The Morgan fingerprint density at radius 1 is 1.13 bits per heavy atom. The number of benzene rings is 2. The van der Waals surface area contributed by atoms with Gasteiger partial charge in [0.05, 0.1) is 6.20 Å². The molecule has 0 bridgehead atoms. The molecule has 2 N–H and O–H groups in total. The number of ether oxygens (including phenoxy) is 1. The summed E-state index contributed by atoms with van der Waals surface area (Å²) in [7, 11) is 0. The van der Waals surface area contributed by atoms with Crippen LogP contribution < -0.4 is 15.4 Å². The molecule has 0 saturated heterocycles. The molecule has 0 atom stereocenters. The van der Waals surface area contributed by atoms with Gasteiger partial charge in [-0.25, -0.2) is 4.39 Å². The fraction of sp³-hybridized carbons (Fsp3) is 0.0870. The molecule has 1 aromatic heterocycles. The maximum absolute atomic E-state index is 14.2. The molecule has 0 spiro atoms. The van der Waals surface area contributed by atoms with E-state index < -0.39 is 5.82 Å². The Bertz CT molecular complexity index is 1070. The number of halogens is 2. The van der Waals surface area contributed by atoms with Gasteiger partial charge in [-0.1, -0.05) is 22.0 Å². The van der Waals surface area contributed by atoms with Crippen molar-refractivity contribution in [3.63, 3.8) is 0 Å². The maximum atomic E-state index is 14.2. The first-order valence-electron chi connectivity index (χ1n) is 9.38. The van der Waals surface area contributed by atoms with Crippen molar-refractivity contribution in [2.24, 2.45) is 0 Å². The third kappa shape index (κ3) is 7.35. The van der Waals surface area contributed by atoms with E-state index in [4.69, 9.17) is 4.74 Å². The van der Waals surface area contributed by atoms with Crippen LogP contribution in [0, 0.1) is 5.82 Å². The van der Waals surface area contributed by atoms with Gasteiger partial charge in [-0.05, 0) is 60.2 Å².